The molecule has 0 aromatic carbocycles. The number of ether oxygens (including phenoxy) is 1. The molecule has 0 amide bonds. The van der Waals surface area contributed by atoms with Crippen LogP contribution in [0.4, 0.5) is 0 Å². The number of carbonyl (C=O) groups is 1. The molecule has 4 heteroatoms. The molecule has 0 saturated carbocycles. The SMILES string of the molecule is CC(C)(C1CCCO1)C(N)C(=O)O. The largest absolute Gasteiger partial charge is 0.480 e. The summed E-state index contributed by atoms with van der Waals surface area (Å²) in [5, 5.41) is 8.80. The van der Waals surface area contributed by atoms with Crippen LogP contribution in [-0.4, -0.2) is 29.8 Å². The van der Waals surface area contributed by atoms with Gasteiger partial charge in [0.05, 0.1) is 6.10 Å². The van der Waals surface area contributed by atoms with Crippen molar-refractivity contribution >= 4 is 5.97 Å². The molecule has 1 heterocycles. The lowest BCUT2D eigenvalue weighted by Gasteiger charge is -2.33. The number of hydrogen-bond donors (Lipinski definition) is 2. The van der Waals surface area contributed by atoms with Gasteiger partial charge in [-0.15, -0.1) is 0 Å². The second-order valence-electron chi connectivity index (χ2n) is 4.14. The van der Waals surface area contributed by atoms with Crippen molar-refractivity contribution in [1.82, 2.24) is 0 Å². The number of carboxylic acid groups (broad SMARTS) is 1. The van der Waals surface area contributed by atoms with Crippen molar-refractivity contribution in [3.8, 4) is 0 Å². The minimum Gasteiger partial charge on any atom is -0.480 e. The fraction of sp³-hybridized carbons (Fsp3) is 0.889. The molecule has 0 bridgehead atoms. The Morgan fingerprint density at radius 3 is 2.69 bits per heavy atom. The van der Waals surface area contributed by atoms with Crippen molar-refractivity contribution in [3.63, 3.8) is 0 Å². The number of hydrogen-bond acceptors (Lipinski definition) is 3. The number of aliphatic carboxylic acids is 1. The maximum absolute atomic E-state index is 10.7. The van der Waals surface area contributed by atoms with Gasteiger partial charge in [-0.1, -0.05) is 13.8 Å². The molecule has 0 aliphatic carbocycles. The molecular weight excluding hydrogens is 170 g/mol. The molecule has 0 radical (unpaired) electrons. The zero-order chi connectivity index (χ0) is 10.1. The zero-order valence-electron chi connectivity index (χ0n) is 8.12. The van der Waals surface area contributed by atoms with Gasteiger partial charge in [0, 0.05) is 12.0 Å². The van der Waals surface area contributed by atoms with Crippen molar-refractivity contribution < 1.29 is 14.6 Å². The molecule has 0 spiro atoms. The topological polar surface area (TPSA) is 72.5 Å². The van der Waals surface area contributed by atoms with Gasteiger partial charge in [0.1, 0.15) is 6.04 Å². The van der Waals surface area contributed by atoms with Gasteiger partial charge in [0.25, 0.3) is 0 Å². The van der Waals surface area contributed by atoms with Crippen LogP contribution in [0.15, 0.2) is 0 Å². The summed E-state index contributed by atoms with van der Waals surface area (Å²) in [4.78, 5) is 10.7. The number of rotatable bonds is 3. The first-order valence-electron chi connectivity index (χ1n) is 4.56. The van der Waals surface area contributed by atoms with E-state index in [0.29, 0.717) is 0 Å². The van der Waals surface area contributed by atoms with Crippen LogP contribution in [0.25, 0.3) is 0 Å². The van der Waals surface area contributed by atoms with E-state index in [-0.39, 0.29) is 6.10 Å². The van der Waals surface area contributed by atoms with Gasteiger partial charge in [0.2, 0.25) is 0 Å². The van der Waals surface area contributed by atoms with Gasteiger partial charge >= 0.3 is 5.97 Å². The molecule has 2 atom stereocenters. The Hall–Kier alpha value is -0.610. The molecule has 76 valence electrons. The minimum atomic E-state index is -0.958. The molecule has 2 unspecified atom stereocenters. The maximum atomic E-state index is 10.7. The first-order valence-corrected chi connectivity index (χ1v) is 4.56. The van der Waals surface area contributed by atoms with Crippen molar-refractivity contribution in [3.05, 3.63) is 0 Å². The standard InChI is InChI=1S/C9H17NO3/c1-9(2,7(10)8(11)12)6-4-3-5-13-6/h6-7H,3-5,10H2,1-2H3,(H,11,12). The summed E-state index contributed by atoms with van der Waals surface area (Å²) in [6, 6.07) is -0.851. The fourth-order valence-corrected chi connectivity index (χ4v) is 1.68. The van der Waals surface area contributed by atoms with Crippen molar-refractivity contribution in [2.75, 3.05) is 6.61 Å². The first kappa shape index (κ1) is 10.5. The molecule has 1 aliphatic rings. The first-order chi connectivity index (χ1) is 5.96. The monoisotopic (exact) mass is 187 g/mol. The lowest BCUT2D eigenvalue weighted by atomic mass is 9.78. The maximum Gasteiger partial charge on any atom is 0.321 e. The molecule has 4 nitrogen and oxygen atoms in total. The quantitative estimate of drug-likeness (QED) is 0.678. The average molecular weight is 187 g/mol. The van der Waals surface area contributed by atoms with Gasteiger partial charge < -0.3 is 15.6 Å². The van der Waals surface area contributed by atoms with E-state index in [4.69, 9.17) is 15.6 Å². The Morgan fingerprint density at radius 2 is 2.31 bits per heavy atom. The Bertz CT molecular complexity index is 197. The van der Waals surface area contributed by atoms with E-state index in [1.54, 1.807) is 0 Å². The van der Waals surface area contributed by atoms with Gasteiger partial charge in [-0.25, -0.2) is 0 Å². The molecule has 1 aliphatic heterocycles. The Balaban J connectivity index is 2.67. The normalized spacial score (nSPS) is 25.9. The lowest BCUT2D eigenvalue weighted by Crippen LogP contribution is -2.50. The van der Waals surface area contributed by atoms with Gasteiger partial charge in [-0.3, -0.25) is 4.79 Å². The highest BCUT2D eigenvalue weighted by Crippen LogP contribution is 2.33. The summed E-state index contributed by atoms with van der Waals surface area (Å²) < 4.78 is 5.45. The Morgan fingerprint density at radius 1 is 1.69 bits per heavy atom. The van der Waals surface area contributed by atoms with E-state index in [9.17, 15) is 4.79 Å². The fourth-order valence-electron chi connectivity index (χ4n) is 1.68. The summed E-state index contributed by atoms with van der Waals surface area (Å²) in [7, 11) is 0. The van der Waals surface area contributed by atoms with Crippen molar-refractivity contribution in [2.45, 2.75) is 38.8 Å². The van der Waals surface area contributed by atoms with E-state index >= 15 is 0 Å². The summed E-state index contributed by atoms with van der Waals surface area (Å²) in [5.74, 6) is -0.958. The second-order valence-corrected chi connectivity index (χ2v) is 4.14. The van der Waals surface area contributed by atoms with Crippen molar-refractivity contribution in [1.29, 1.82) is 0 Å². The van der Waals surface area contributed by atoms with Crippen LogP contribution < -0.4 is 5.73 Å². The van der Waals surface area contributed by atoms with Crippen LogP contribution in [0.5, 0.6) is 0 Å². The average Bonchev–Trinajstić information content (AvgIpc) is 2.54. The second kappa shape index (κ2) is 3.64. The van der Waals surface area contributed by atoms with Crippen LogP contribution in [0.1, 0.15) is 26.7 Å². The van der Waals surface area contributed by atoms with E-state index < -0.39 is 17.4 Å². The highest BCUT2D eigenvalue weighted by molar-refractivity contribution is 5.74. The van der Waals surface area contributed by atoms with Gasteiger partial charge in [0.15, 0.2) is 0 Å². The number of carboxylic acids is 1. The van der Waals surface area contributed by atoms with Crippen LogP contribution in [0.3, 0.4) is 0 Å². The molecular formula is C9H17NO3. The van der Waals surface area contributed by atoms with Crippen LogP contribution in [0.2, 0.25) is 0 Å². The molecule has 1 rings (SSSR count). The lowest BCUT2D eigenvalue weighted by molar-refractivity contribution is -0.144. The Kier molecular flexibility index (Phi) is 2.93. The highest BCUT2D eigenvalue weighted by Gasteiger charge is 2.41. The summed E-state index contributed by atoms with van der Waals surface area (Å²) in [5.41, 5.74) is 5.11. The molecule has 1 saturated heterocycles. The smallest absolute Gasteiger partial charge is 0.321 e. The van der Waals surface area contributed by atoms with Gasteiger partial charge in [-0.05, 0) is 12.8 Å². The molecule has 0 aromatic rings. The van der Waals surface area contributed by atoms with Gasteiger partial charge in [-0.2, -0.15) is 0 Å². The minimum absolute atomic E-state index is 0.0152. The van der Waals surface area contributed by atoms with Crippen LogP contribution >= 0.6 is 0 Å². The third-order valence-corrected chi connectivity index (χ3v) is 2.83. The van der Waals surface area contributed by atoms with E-state index in [2.05, 4.69) is 0 Å². The predicted octanol–water partition coefficient (Wildman–Crippen LogP) is 0.603. The molecule has 0 aromatic heterocycles. The van der Waals surface area contributed by atoms with Crippen LogP contribution in [-0.2, 0) is 9.53 Å². The number of nitrogens with two attached hydrogens (primary N) is 1. The predicted molar refractivity (Wildman–Crippen MR) is 48.4 cm³/mol. The third-order valence-electron chi connectivity index (χ3n) is 2.83. The third kappa shape index (κ3) is 2.00. The van der Waals surface area contributed by atoms with E-state index in [0.717, 1.165) is 19.4 Å². The Labute approximate surface area is 78.1 Å². The summed E-state index contributed by atoms with van der Waals surface area (Å²) in [6.45, 7) is 4.42. The molecule has 13 heavy (non-hydrogen) atoms. The molecule has 3 N–H and O–H groups in total. The summed E-state index contributed by atoms with van der Waals surface area (Å²) >= 11 is 0. The van der Waals surface area contributed by atoms with Crippen LogP contribution in [0, 0.1) is 5.41 Å². The zero-order valence-corrected chi connectivity index (χ0v) is 8.12. The molecule has 1 fully saturated rings. The summed E-state index contributed by atoms with van der Waals surface area (Å²) in [6.07, 6.45) is 1.90. The van der Waals surface area contributed by atoms with E-state index in [1.165, 1.54) is 0 Å². The van der Waals surface area contributed by atoms with Crippen molar-refractivity contribution in [2.24, 2.45) is 11.1 Å². The highest BCUT2D eigenvalue weighted by atomic mass is 16.5. The van der Waals surface area contributed by atoms with E-state index in [1.807, 2.05) is 13.8 Å².